The van der Waals surface area contributed by atoms with Gasteiger partial charge in [-0.15, -0.1) is 0 Å². The Hall–Kier alpha value is -2.96. The standard InChI is InChI=1S/C17H19FN4O2/c1-11(12-4-6-13(18)7-5-12)20-17(24)21-14-8-9-19-15(10-14)16(23)22(2)3/h4-11H,1-3H3,(H2,19,20,21,24)/t11-/m1/s1. The van der Waals surface area contributed by atoms with Gasteiger partial charge in [0.25, 0.3) is 5.91 Å². The molecule has 0 radical (unpaired) electrons. The van der Waals surface area contributed by atoms with Crippen LogP contribution in [0.1, 0.15) is 29.0 Å². The van der Waals surface area contributed by atoms with Crippen molar-refractivity contribution in [3.05, 3.63) is 59.7 Å². The quantitative estimate of drug-likeness (QED) is 0.905. The Balaban J connectivity index is 2.00. The monoisotopic (exact) mass is 330 g/mol. The molecule has 1 heterocycles. The minimum absolute atomic E-state index is 0.240. The molecular formula is C17H19FN4O2. The number of rotatable bonds is 4. The van der Waals surface area contributed by atoms with Gasteiger partial charge in [0.15, 0.2) is 0 Å². The maximum Gasteiger partial charge on any atom is 0.319 e. The second-order valence-electron chi connectivity index (χ2n) is 5.50. The Morgan fingerprint density at radius 2 is 1.83 bits per heavy atom. The number of nitrogens with zero attached hydrogens (tertiary/aromatic N) is 2. The minimum Gasteiger partial charge on any atom is -0.343 e. The lowest BCUT2D eigenvalue weighted by atomic mass is 10.1. The maximum absolute atomic E-state index is 12.9. The van der Waals surface area contributed by atoms with Crippen LogP contribution < -0.4 is 10.6 Å². The largest absolute Gasteiger partial charge is 0.343 e. The van der Waals surface area contributed by atoms with E-state index in [-0.39, 0.29) is 23.5 Å². The fourth-order valence-electron chi connectivity index (χ4n) is 2.05. The molecule has 1 atom stereocenters. The summed E-state index contributed by atoms with van der Waals surface area (Å²) in [5.41, 5.74) is 1.48. The second-order valence-corrected chi connectivity index (χ2v) is 5.50. The molecule has 1 aromatic carbocycles. The van der Waals surface area contributed by atoms with Gasteiger partial charge in [0.1, 0.15) is 11.5 Å². The number of urea groups is 1. The van der Waals surface area contributed by atoms with E-state index in [4.69, 9.17) is 0 Å². The molecule has 0 bridgehead atoms. The zero-order chi connectivity index (χ0) is 17.7. The SMILES string of the molecule is C[C@@H](NC(=O)Nc1ccnc(C(=O)N(C)C)c1)c1ccc(F)cc1. The third-order valence-electron chi connectivity index (χ3n) is 3.36. The summed E-state index contributed by atoms with van der Waals surface area (Å²) in [4.78, 5) is 29.3. The number of amides is 3. The third kappa shape index (κ3) is 4.52. The lowest BCUT2D eigenvalue weighted by molar-refractivity contribution is 0.0822. The van der Waals surface area contributed by atoms with Crippen molar-refractivity contribution < 1.29 is 14.0 Å². The molecule has 7 heteroatoms. The summed E-state index contributed by atoms with van der Waals surface area (Å²) in [5, 5.41) is 5.40. The molecule has 0 aliphatic carbocycles. The number of benzene rings is 1. The average Bonchev–Trinajstić information content (AvgIpc) is 2.54. The predicted octanol–water partition coefficient (Wildman–Crippen LogP) is 2.81. The Labute approximate surface area is 139 Å². The molecular weight excluding hydrogens is 311 g/mol. The van der Waals surface area contributed by atoms with Crippen LogP contribution in [0.4, 0.5) is 14.9 Å². The van der Waals surface area contributed by atoms with Crippen molar-refractivity contribution in [2.45, 2.75) is 13.0 Å². The Kier molecular flexibility index (Phi) is 5.47. The summed E-state index contributed by atoms with van der Waals surface area (Å²) < 4.78 is 12.9. The van der Waals surface area contributed by atoms with Crippen LogP contribution in [0, 0.1) is 5.82 Å². The number of pyridine rings is 1. The first-order valence-corrected chi connectivity index (χ1v) is 7.37. The van der Waals surface area contributed by atoms with Gasteiger partial charge in [0, 0.05) is 26.0 Å². The first-order valence-electron chi connectivity index (χ1n) is 7.37. The number of hydrogen-bond acceptors (Lipinski definition) is 3. The van der Waals surface area contributed by atoms with Gasteiger partial charge in [-0.3, -0.25) is 9.78 Å². The van der Waals surface area contributed by atoms with Gasteiger partial charge in [0.05, 0.1) is 6.04 Å². The van der Waals surface area contributed by atoms with E-state index in [9.17, 15) is 14.0 Å². The van der Waals surface area contributed by atoms with Gasteiger partial charge >= 0.3 is 6.03 Å². The van der Waals surface area contributed by atoms with Crippen LogP contribution >= 0.6 is 0 Å². The first-order chi connectivity index (χ1) is 11.4. The molecule has 24 heavy (non-hydrogen) atoms. The van der Waals surface area contributed by atoms with E-state index in [1.54, 1.807) is 39.2 Å². The van der Waals surface area contributed by atoms with E-state index in [1.807, 2.05) is 0 Å². The van der Waals surface area contributed by atoms with E-state index < -0.39 is 6.03 Å². The van der Waals surface area contributed by atoms with Crippen LogP contribution in [-0.4, -0.2) is 35.9 Å². The fourth-order valence-corrected chi connectivity index (χ4v) is 2.05. The third-order valence-corrected chi connectivity index (χ3v) is 3.36. The zero-order valence-corrected chi connectivity index (χ0v) is 13.7. The molecule has 0 spiro atoms. The number of carbonyl (C=O) groups is 2. The van der Waals surface area contributed by atoms with Crippen LogP contribution in [0.2, 0.25) is 0 Å². The first kappa shape index (κ1) is 17.4. The number of hydrogen-bond donors (Lipinski definition) is 2. The van der Waals surface area contributed by atoms with Crippen molar-refractivity contribution in [2.75, 3.05) is 19.4 Å². The highest BCUT2D eigenvalue weighted by atomic mass is 19.1. The van der Waals surface area contributed by atoms with Gasteiger partial charge < -0.3 is 15.5 Å². The highest BCUT2D eigenvalue weighted by Crippen LogP contribution is 2.14. The average molecular weight is 330 g/mol. The molecule has 0 fully saturated rings. The molecule has 1 aromatic heterocycles. The lowest BCUT2D eigenvalue weighted by Gasteiger charge is -2.15. The van der Waals surface area contributed by atoms with Gasteiger partial charge in [0.2, 0.25) is 0 Å². The van der Waals surface area contributed by atoms with Crippen molar-refractivity contribution in [2.24, 2.45) is 0 Å². The summed E-state index contributed by atoms with van der Waals surface area (Å²) in [7, 11) is 3.25. The van der Waals surface area contributed by atoms with E-state index in [1.165, 1.54) is 29.3 Å². The van der Waals surface area contributed by atoms with E-state index in [0.717, 1.165) is 5.56 Å². The summed E-state index contributed by atoms with van der Waals surface area (Å²) in [6, 6.07) is 8.28. The Bertz CT molecular complexity index is 732. The number of carbonyl (C=O) groups excluding carboxylic acids is 2. The zero-order valence-electron chi connectivity index (χ0n) is 13.7. The van der Waals surface area contributed by atoms with Crippen molar-refractivity contribution in [1.82, 2.24) is 15.2 Å². The van der Waals surface area contributed by atoms with Crippen molar-refractivity contribution in [3.8, 4) is 0 Å². The van der Waals surface area contributed by atoms with Crippen LogP contribution in [0.25, 0.3) is 0 Å². The number of aromatic nitrogens is 1. The lowest BCUT2D eigenvalue weighted by Crippen LogP contribution is -2.31. The van der Waals surface area contributed by atoms with Gasteiger partial charge in [-0.2, -0.15) is 0 Å². The van der Waals surface area contributed by atoms with Crippen LogP contribution in [0.5, 0.6) is 0 Å². The topological polar surface area (TPSA) is 74.3 Å². The Morgan fingerprint density at radius 1 is 1.17 bits per heavy atom. The molecule has 6 nitrogen and oxygen atoms in total. The normalized spacial score (nSPS) is 11.5. The van der Waals surface area contributed by atoms with E-state index in [2.05, 4.69) is 15.6 Å². The van der Waals surface area contributed by atoms with E-state index in [0.29, 0.717) is 5.69 Å². The smallest absolute Gasteiger partial charge is 0.319 e. The highest BCUT2D eigenvalue weighted by Gasteiger charge is 2.13. The maximum atomic E-state index is 12.9. The predicted molar refractivity (Wildman–Crippen MR) is 89.2 cm³/mol. The Morgan fingerprint density at radius 3 is 2.46 bits per heavy atom. The summed E-state index contributed by atoms with van der Waals surface area (Å²) >= 11 is 0. The molecule has 3 amide bonds. The number of nitrogens with one attached hydrogen (secondary N) is 2. The molecule has 0 saturated heterocycles. The van der Waals surface area contributed by atoms with Crippen LogP contribution in [0.15, 0.2) is 42.6 Å². The van der Waals surface area contributed by atoms with E-state index >= 15 is 0 Å². The molecule has 0 saturated carbocycles. The van der Waals surface area contributed by atoms with Gasteiger partial charge in [-0.05, 0) is 36.8 Å². The molecule has 0 aliphatic heterocycles. The fraction of sp³-hybridized carbons (Fsp3) is 0.235. The van der Waals surface area contributed by atoms with Crippen molar-refractivity contribution >= 4 is 17.6 Å². The minimum atomic E-state index is -0.429. The summed E-state index contributed by atoms with van der Waals surface area (Å²) in [5.74, 6) is -0.580. The van der Waals surface area contributed by atoms with Crippen molar-refractivity contribution in [3.63, 3.8) is 0 Å². The number of halogens is 1. The van der Waals surface area contributed by atoms with Gasteiger partial charge in [-0.1, -0.05) is 12.1 Å². The molecule has 126 valence electrons. The van der Waals surface area contributed by atoms with Crippen molar-refractivity contribution in [1.29, 1.82) is 0 Å². The summed E-state index contributed by atoms with van der Waals surface area (Å²) in [6.45, 7) is 1.79. The molecule has 0 unspecified atom stereocenters. The van der Waals surface area contributed by atoms with Crippen LogP contribution in [0.3, 0.4) is 0 Å². The molecule has 2 rings (SSSR count). The highest BCUT2D eigenvalue weighted by molar-refractivity contribution is 5.95. The molecule has 0 aliphatic rings. The second kappa shape index (κ2) is 7.54. The molecule has 2 aromatic rings. The number of anilines is 1. The van der Waals surface area contributed by atoms with Crippen LogP contribution in [-0.2, 0) is 0 Å². The summed E-state index contributed by atoms with van der Waals surface area (Å²) in [6.07, 6.45) is 1.45. The van der Waals surface area contributed by atoms with Gasteiger partial charge in [-0.25, -0.2) is 9.18 Å². The molecule has 2 N–H and O–H groups in total.